The summed E-state index contributed by atoms with van der Waals surface area (Å²) in [7, 11) is 1.69. The van der Waals surface area contributed by atoms with Crippen LogP contribution in [0.4, 0.5) is 0 Å². The van der Waals surface area contributed by atoms with Crippen molar-refractivity contribution in [3.05, 3.63) is 39.7 Å². The Hall–Kier alpha value is -2.35. The maximum atomic E-state index is 11.0. The summed E-state index contributed by atoms with van der Waals surface area (Å²) in [6.45, 7) is 3.12. The minimum Gasteiger partial charge on any atom is -0.454 e. The van der Waals surface area contributed by atoms with Gasteiger partial charge in [0, 0.05) is 18.1 Å². The highest BCUT2D eigenvalue weighted by Gasteiger charge is 2.08. The first-order valence-corrected chi connectivity index (χ1v) is 7.70. The average molecular weight is 321 g/mol. The Labute approximate surface area is 132 Å². The minimum absolute atomic E-state index is 0.148. The first kappa shape index (κ1) is 16.0. The molecular weight excluding hydrogens is 302 g/mol. The third kappa shape index (κ3) is 4.32. The van der Waals surface area contributed by atoms with Crippen molar-refractivity contribution < 1.29 is 9.21 Å². The van der Waals surface area contributed by atoms with Gasteiger partial charge in [0.2, 0.25) is 0 Å². The Morgan fingerprint density at radius 3 is 2.77 bits per heavy atom. The van der Waals surface area contributed by atoms with Crippen LogP contribution < -0.4 is 16.4 Å². The lowest BCUT2D eigenvalue weighted by Gasteiger charge is -2.09. The summed E-state index contributed by atoms with van der Waals surface area (Å²) in [4.78, 5) is 20.7. The number of aliphatic imine (C=N–C) groups is 1. The predicted molar refractivity (Wildman–Crippen MR) is 85.8 cm³/mol. The van der Waals surface area contributed by atoms with Gasteiger partial charge in [0.1, 0.15) is 10.8 Å². The largest absolute Gasteiger partial charge is 0.454 e. The van der Waals surface area contributed by atoms with Crippen LogP contribution in [0.15, 0.2) is 27.7 Å². The van der Waals surface area contributed by atoms with Gasteiger partial charge in [0.25, 0.3) is 5.91 Å². The molecular formula is C14H19N5O2S. The van der Waals surface area contributed by atoms with Gasteiger partial charge in [-0.15, -0.1) is 11.3 Å². The number of carbonyl (C=O) groups is 1. The van der Waals surface area contributed by atoms with Crippen LogP contribution in [0, 0.1) is 0 Å². The lowest BCUT2D eigenvalue weighted by atomic mass is 10.4. The van der Waals surface area contributed by atoms with E-state index in [9.17, 15) is 4.79 Å². The Kier molecular flexibility index (Phi) is 5.54. The number of nitrogens with zero attached hydrogens (tertiary/aromatic N) is 2. The van der Waals surface area contributed by atoms with Crippen LogP contribution in [0.1, 0.15) is 33.1 Å². The van der Waals surface area contributed by atoms with Gasteiger partial charge in [-0.3, -0.25) is 9.79 Å². The summed E-state index contributed by atoms with van der Waals surface area (Å²) >= 11 is 1.68. The first-order chi connectivity index (χ1) is 10.6. The number of hydrogen-bond acceptors (Lipinski definition) is 5. The topological polar surface area (TPSA) is 106 Å². The van der Waals surface area contributed by atoms with E-state index >= 15 is 0 Å². The zero-order valence-corrected chi connectivity index (χ0v) is 13.4. The second-order valence-corrected chi connectivity index (χ2v) is 5.68. The third-order valence-electron chi connectivity index (χ3n) is 2.92. The van der Waals surface area contributed by atoms with Crippen LogP contribution in [0.3, 0.4) is 0 Å². The molecule has 2 heterocycles. The second-order valence-electron chi connectivity index (χ2n) is 4.48. The average Bonchev–Trinajstić information content (AvgIpc) is 3.16. The van der Waals surface area contributed by atoms with Crippen LogP contribution in [-0.2, 0) is 19.5 Å². The zero-order valence-electron chi connectivity index (χ0n) is 12.5. The van der Waals surface area contributed by atoms with Crippen molar-refractivity contribution in [2.24, 2.45) is 10.7 Å². The fourth-order valence-electron chi connectivity index (χ4n) is 1.75. The number of nitrogens with one attached hydrogen (secondary N) is 2. The van der Waals surface area contributed by atoms with E-state index in [1.807, 2.05) is 6.20 Å². The van der Waals surface area contributed by atoms with Crippen molar-refractivity contribution in [2.75, 3.05) is 7.05 Å². The van der Waals surface area contributed by atoms with Crippen molar-refractivity contribution in [1.29, 1.82) is 0 Å². The van der Waals surface area contributed by atoms with Crippen LogP contribution in [0.5, 0.6) is 0 Å². The van der Waals surface area contributed by atoms with Crippen molar-refractivity contribution in [2.45, 2.75) is 26.4 Å². The number of guanidine groups is 1. The third-order valence-corrected chi connectivity index (χ3v) is 4.06. The van der Waals surface area contributed by atoms with E-state index in [1.54, 1.807) is 30.5 Å². The summed E-state index contributed by atoms with van der Waals surface area (Å²) < 4.78 is 5.29. The molecule has 118 valence electrons. The highest BCUT2D eigenvalue weighted by Crippen LogP contribution is 2.12. The van der Waals surface area contributed by atoms with Crippen LogP contribution in [-0.4, -0.2) is 23.9 Å². The van der Waals surface area contributed by atoms with Gasteiger partial charge in [0.15, 0.2) is 11.7 Å². The summed E-state index contributed by atoms with van der Waals surface area (Å²) in [6.07, 6.45) is 2.89. The molecule has 7 nitrogen and oxygen atoms in total. The van der Waals surface area contributed by atoms with Gasteiger partial charge in [-0.05, 0) is 18.6 Å². The van der Waals surface area contributed by atoms with Gasteiger partial charge in [-0.25, -0.2) is 4.98 Å². The summed E-state index contributed by atoms with van der Waals surface area (Å²) in [5, 5.41) is 7.28. The van der Waals surface area contributed by atoms with Gasteiger partial charge in [-0.2, -0.15) is 0 Å². The highest BCUT2D eigenvalue weighted by molar-refractivity contribution is 7.11. The molecule has 0 aliphatic rings. The lowest BCUT2D eigenvalue weighted by Crippen LogP contribution is -2.36. The van der Waals surface area contributed by atoms with Gasteiger partial charge < -0.3 is 20.8 Å². The fourth-order valence-corrected chi connectivity index (χ4v) is 2.55. The Balaban J connectivity index is 1.83. The molecule has 4 N–H and O–H groups in total. The zero-order chi connectivity index (χ0) is 15.9. The van der Waals surface area contributed by atoms with Crippen molar-refractivity contribution >= 4 is 23.2 Å². The Morgan fingerprint density at radius 2 is 2.18 bits per heavy atom. The number of nitrogens with two attached hydrogens (primary N) is 1. The Bertz CT molecular complexity index is 662. The van der Waals surface area contributed by atoms with E-state index in [1.165, 1.54) is 4.88 Å². The first-order valence-electron chi connectivity index (χ1n) is 6.89. The second kappa shape index (κ2) is 7.60. The van der Waals surface area contributed by atoms with E-state index in [4.69, 9.17) is 10.2 Å². The van der Waals surface area contributed by atoms with E-state index in [0.29, 0.717) is 24.8 Å². The molecule has 22 heavy (non-hydrogen) atoms. The van der Waals surface area contributed by atoms with Crippen LogP contribution >= 0.6 is 11.3 Å². The molecule has 2 aromatic heterocycles. The molecule has 0 saturated heterocycles. The number of aryl methyl sites for hydroxylation is 1. The van der Waals surface area contributed by atoms with Crippen LogP contribution in [0.25, 0.3) is 0 Å². The molecule has 0 atom stereocenters. The van der Waals surface area contributed by atoms with Crippen molar-refractivity contribution in [3.63, 3.8) is 0 Å². The quantitative estimate of drug-likeness (QED) is 0.549. The number of carbonyl (C=O) groups excluding carboxylic acids is 1. The molecule has 0 spiro atoms. The number of aromatic nitrogens is 1. The molecule has 0 bridgehead atoms. The van der Waals surface area contributed by atoms with Gasteiger partial charge in [-0.1, -0.05) is 6.92 Å². The molecule has 0 aromatic carbocycles. The number of amides is 1. The highest BCUT2D eigenvalue weighted by atomic mass is 32.1. The fraction of sp³-hybridized carbons (Fsp3) is 0.357. The van der Waals surface area contributed by atoms with Gasteiger partial charge >= 0.3 is 0 Å². The Morgan fingerprint density at radius 1 is 1.41 bits per heavy atom. The number of primary amides is 1. The van der Waals surface area contributed by atoms with Crippen LogP contribution in [0.2, 0.25) is 0 Å². The van der Waals surface area contributed by atoms with E-state index in [0.717, 1.165) is 11.4 Å². The van der Waals surface area contributed by atoms with E-state index in [-0.39, 0.29) is 5.76 Å². The monoisotopic (exact) mass is 321 g/mol. The normalized spacial score (nSPS) is 11.5. The number of thiazole rings is 1. The molecule has 1 amide bonds. The molecule has 2 aromatic rings. The molecule has 0 fully saturated rings. The molecule has 0 unspecified atom stereocenters. The maximum absolute atomic E-state index is 11.0. The molecule has 0 aliphatic carbocycles. The van der Waals surface area contributed by atoms with Crippen molar-refractivity contribution in [1.82, 2.24) is 15.6 Å². The predicted octanol–water partition coefficient (Wildman–Crippen LogP) is 1.26. The summed E-state index contributed by atoms with van der Waals surface area (Å²) in [5.74, 6) is 0.809. The standard InChI is InChI=1S/C14H19N5O2S/c1-3-10-7-17-12(22-10)8-19-14(16-2)18-6-9-4-5-11(21-9)13(15)20/h4-5,7H,3,6,8H2,1-2H3,(H2,15,20)(H2,16,18,19). The summed E-state index contributed by atoms with van der Waals surface area (Å²) in [6, 6.07) is 3.26. The maximum Gasteiger partial charge on any atom is 0.284 e. The molecule has 0 radical (unpaired) electrons. The smallest absolute Gasteiger partial charge is 0.284 e. The molecule has 2 rings (SSSR count). The molecule has 8 heteroatoms. The van der Waals surface area contributed by atoms with E-state index in [2.05, 4.69) is 27.5 Å². The number of furan rings is 1. The number of hydrogen-bond donors (Lipinski definition) is 3. The van der Waals surface area contributed by atoms with Crippen molar-refractivity contribution in [3.8, 4) is 0 Å². The molecule has 0 saturated carbocycles. The van der Waals surface area contributed by atoms with E-state index < -0.39 is 5.91 Å². The number of rotatable bonds is 6. The summed E-state index contributed by atoms with van der Waals surface area (Å²) in [5.41, 5.74) is 5.14. The lowest BCUT2D eigenvalue weighted by molar-refractivity contribution is 0.0972. The molecule has 0 aliphatic heterocycles. The minimum atomic E-state index is -0.579. The van der Waals surface area contributed by atoms with Gasteiger partial charge in [0.05, 0.1) is 13.1 Å². The SMILES string of the molecule is CCc1cnc(CNC(=NC)NCc2ccc(C(N)=O)o2)s1.